The van der Waals surface area contributed by atoms with Gasteiger partial charge in [0.1, 0.15) is 0 Å². The molecule has 0 bridgehead atoms. The molecule has 0 radical (unpaired) electrons. The van der Waals surface area contributed by atoms with Crippen molar-refractivity contribution in [2.24, 2.45) is 5.73 Å². The largest absolute Gasteiger partial charge is 0.481 e. The van der Waals surface area contributed by atoms with Gasteiger partial charge in [-0.05, 0) is 0 Å². The molecule has 0 aromatic rings. The molecule has 36 valence electrons. The lowest BCUT2D eigenvalue weighted by Crippen LogP contribution is -2.05. The molecular weight excluding hydrogens is 84.0 g/mol. The number of hydrogen-bond donors (Lipinski definition) is 2. The Balaban J connectivity index is 2.83. The Bertz CT molecular complexity index is 52.8. The van der Waals surface area contributed by atoms with E-state index in [1.54, 1.807) is 0 Å². The molecule has 3 heteroatoms. The van der Waals surface area contributed by atoms with Gasteiger partial charge in [-0.3, -0.25) is 4.79 Å². The molecule has 0 aliphatic carbocycles. The number of hydrogen-bond acceptors (Lipinski definition) is 2. The lowest BCUT2D eigenvalue weighted by molar-refractivity contribution is -0.136. The van der Waals surface area contributed by atoms with E-state index < -0.39 is 5.97 Å². The molecule has 3 nitrogen and oxygen atoms in total. The third-order valence-corrected chi connectivity index (χ3v) is 0.358. The highest BCUT2D eigenvalue weighted by molar-refractivity contribution is 5.66. The number of rotatable bonds is 2. The summed E-state index contributed by atoms with van der Waals surface area (Å²) in [5.41, 5.74) is 4.85. The summed E-state index contributed by atoms with van der Waals surface area (Å²) in [5.74, 6) is -0.836. The number of aliphatic carboxylic acids is 1. The Morgan fingerprint density at radius 2 is 2.50 bits per heavy atom. The van der Waals surface area contributed by atoms with Crippen molar-refractivity contribution < 1.29 is 9.90 Å². The highest BCUT2D eigenvalue weighted by Crippen LogP contribution is 1.67. The van der Waals surface area contributed by atoms with E-state index in [0.29, 0.717) is 0 Å². The summed E-state index contributed by atoms with van der Waals surface area (Å²) < 4.78 is 0. The summed E-state index contributed by atoms with van der Waals surface area (Å²) >= 11 is 0. The lowest BCUT2D eigenvalue weighted by atomic mass is 10.7. The standard InChI is InChI=1S/C3H7NO2/c4-2-1-3(5)6/h1-2,4H2,(H,5,6)/i2+2. The maximum absolute atomic E-state index is 9.52. The predicted octanol–water partition coefficient (Wildman–Crippen LogP) is -0.580. The topological polar surface area (TPSA) is 63.3 Å². The monoisotopic (exact) mass is 91.1 g/mol. The van der Waals surface area contributed by atoms with Crippen molar-refractivity contribution in [2.45, 2.75) is 6.42 Å². The van der Waals surface area contributed by atoms with E-state index >= 15 is 0 Å². The third kappa shape index (κ3) is 3.43. The highest BCUT2D eigenvalue weighted by Gasteiger charge is 1.87. The van der Waals surface area contributed by atoms with Gasteiger partial charge in [0, 0.05) is 6.54 Å². The lowest BCUT2D eigenvalue weighted by Gasteiger charge is -1.80. The third-order valence-electron chi connectivity index (χ3n) is 0.358. The SMILES string of the molecule is N[14CH2]CC(=O)O. The fraction of sp³-hybridized carbons (Fsp3) is 0.667. The van der Waals surface area contributed by atoms with E-state index in [1.165, 1.54) is 0 Å². The van der Waals surface area contributed by atoms with Crippen molar-refractivity contribution >= 4 is 5.97 Å². The van der Waals surface area contributed by atoms with Crippen molar-refractivity contribution in [1.29, 1.82) is 0 Å². The van der Waals surface area contributed by atoms with E-state index in [4.69, 9.17) is 10.8 Å². The van der Waals surface area contributed by atoms with Crippen molar-refractivity contribution in [1.82, 2.24) is 0 Å². The van der Waals surface area contributed by atoms with Crippen LogP contribution in [0.25, 0.3) is 0 Å². The Kier molecular flexibility index (Phi) is 2.40. The quantitative estimate of drug-likeness (QED) is 0.478. The average molecular weight is 91.1 g/mol. The molecule has 0 spiro atoms. The van der Waals surface area contributed by atoms with Crippen LogP contribution in [0.2, 0.25) is 0 Å². The minimum absolute atomic E-state index is 0.0694. The van der Waals surface area contributed by atoms with Crippen molar-refractivity contribution in [3.8, 4) is 0 Å². The minimum Gasteiger partial charge on any atom is -0.481 e. The number of carbonyl (C=O) groups is 1. The molecule has 0 saturated carbocycles. The Hall–Kier alpha value is -0.570. The Morgan fingerprint density at radius 1 is 2.00 bits per heavy atom. The van der Waals surface area contributed by atoms with Crippen LogP contribution < -0.4 is 5.73 Å². The second-order valence-corrected chi connectivity index (χ2v) is 0.932. The maximum Gasteiger partial charge on any atom is 0.304 e. The van der Waals surface area contributed by atoms with Crippen LogP contribution in [-0.4, -0.2) is 17.6 Å². The first kappa shape index (κ1) is 5.43. The smallest absolute Gasteiger partial charge is 0.304 e. The van der Waals surface area contributed by atoms with Gasteiger partial charge in [-0.1, -0.05) is 0 Å². The van der Waals surface area contributed by atoms with Crippen LogP contribution in [0.3, 0.4) is 0 Å². The van der Waals surface area contributed by atoms with Crippen molar-refractivity contribution in [3.63, 3.8) is 0 Å². The summed E-state index contributed by atoms with van der Waals surface area (Å²) in [6, 6.07) is 0. The Morgan fingerprint density at radius 3 is 2.50 bits per heavy atom. The molecule has 0 atom stereocenters. The molecule has 0 aromatic heterocycles. The molecule has 6 heavy (non-hydrogen) atoms. The highest BCUT2D eigenvalue weighted by atomic mass is 16.4. The van der Waals surface area contributed by atoms with Gasteiger partial charge < -0.3 is 10.8 Å². The number of carboxylic acid groups (broad SMARTS) is 1. The van der Waals surface area contributed by atoms with Crippen LogP contribution >= 0.6 is 0 Å². The zero-order chi connectivity index (χ0) is 4.99. The summed E-state index contributed by atoms with van der Waals surface area (Å²) in [4.78, 5) is 9.52. The van der Waals surface area contributed by atoms with Gasteiger partial charge in [0.25, 0.3) is 0 Å². The maximum atomic E-state index is 9.52. The molecule has 0 aromatic carbocycles. The van der Waals surface area contributed by atoms with Gasteiger partial charge in [-0.25, -0.2) is 0 Å². The van der Waals surface area contributed by atoms with Crippen LogP contribution in [0.5, 0.6) is 0 Å². The second kappa shape index (κ2) is 2.66. The zero-order valence-electron chi connectivity index (χ0n) is 3.35. The fourth-order valence-electron chi connectivity index (χ4n) is 0.123. The van der Waals surface area contributed by atoms with E-state index in [2.05, 4.69) is 0 Å². The number of carboxylic acids is 1. The van der Waals surface area contributed by atoms with Crippen LogP contribution in [-0.2, 0) is 4.79 Å². The van der Waals surface area contributed by atoms with Crippen LogP contribution in [0.15, 0.2) is 0 Å². The first-order valence-corrected chi connectivity index (χ1v) is 1.69. The van der Waals surface area contributed by atoms with E-state index in [0.717, 1.165) is 0 Å². The fourth-order valence-corrected chi connectivity index (χ4v) is 0.123. The molecule has 3 N–H and O–H groups in total. The van der Waals surface area contributed by atoms with Crippen LogP contribution in [0.4, 0.5) is 0 Å². The summed E-state index contributed by atoms with van der Waals surface area (Å²) in [5, 5.41) is 7.83. The van der Waals surface area contributed by atoms with Gasteiger partial charge in [-0.2, -0.15) is 0 Å². The van der Waals surface area contributed by atoms with Gasteiger partial charge in [0.05, 0.1) is 6.42 Å². The number of nitrogens with two attached hydrogens (primary N) is 1. The first-order chi connectivity index (χ1) is 2.77. The first-order valence-electron chi connectivity index (χ1n) is 1.69. The summed E-state index contributed by atoms with van der Waals surface area (Å²) in [6.45, 7) is 0.231. The predicted molar refractivity (Wildman–Crippen MR) is 21.3 cm³/mol. The van der Waals surface area contributed by atoms with Gasteiger partial charge in [-0.15, -0.1) is 0 Å². The molecule has 0 saturated heterocycles. The molecule has 0 aliphatic heterocycles. The van der Waals surface area contributed by atoms with Gasteiger partial charge in [0.2, 0.25) is 0 Å². The zero-order valence-corrected chi connectivity index (χ0v) is 3.35. The van der Waals surface area contributed by atoms with E-state index in [-0.39, 0.29) is 13.0 Å². The molecule has 0 fully saturated rings. The second-order valence-electron chi connectivity index (χ2n) is 0.932. The molecular formula is C3H7NO2. The summed E-state index contributed by atoms with van der Waals surface area (Å²) in [6.07, 6.45) is 0.0694. The van der Waals surface area contributed by atoms with Gasteiger partial charge in [0.15, 0.2) is 0 Å². The summed E-state index contributed by atoms with van der Waals surface area (Å²) in [7, 11) is 0. The minimum atomic E-state index is -0.836. The normalized spacial score (nSPS) is 8.17. The van der Waals surface area contributed by atoms with E-state index in [9.17, 15) is 4.79 Å². The molecule has 0 aliphatic rings. The van der Waals surface area contributed by atoms with Gasteiger partial charge >= 0.3 is 5.97 Å². The molecule has 0 unspecified atom stereocenters. The molecule has 0 heterocycles. The average Bonchev–Trinajstić information content (AvgIpc) is 1.35. The molecule has 0 rings (SSSR count). The van der Waals surface area contributed by atoms with Crippen molar-refractivity contribution in [2.75, 3.05) is 6.54 Å². The molecule has 0 amide bonds. The van der Waals surface area contributed by atoms with Crippen LogP contribution in [0, 0.1) is 0 Å². The Labute approximate surface area is 35.8 Å². The van der Waals surface area contributed by atoms with E-state index in [1.807, 2.05) is 0 Å². The van der Waals surface area contributed by atoms with Crippen molar-refractivity contribution in [3.05, 3.63) is 0 Å². The van der Waals surface area contributed by atoms with Crippen LogP contribution in [0.1, 0.15) is 6.42 Å².